The minimum absolute atomic E-state index is 0.152. The molecule has 0 aliphatic rings. The van der Waals surface area contributed by atoms with E-state index in [1.54, 1.807) is 36.4 Å². The molecule has 168 valence electrons. The highest BCUT2D eigenvalue weighted by Gasteiger charge is 2.29. The van der Waals surface area contributed by atoms with E-state index in [1.165, 1.54) is 4.31 Å². The molecule has 0 aliphatic heterocycles. The third kappa shape index (κ3) is 5.19. The van der Waals surface area contributed by atoms with Gasteiger partial charge >= 0.3 is 0 Å². The fourth-order valence-electron chi connectivity index (χ4n) is 3.62. The lowest BCUT2D eigenvalue weighted by atomic mass is 10.0. The van der Waals surface area contributed by atoms with Crippen molar-refractivity contribution in [1.82, 2.24) is 5.32 Å². The molecule has 1 N–H and O–H groups in total. The summed E-state index contributed by atoms with van der Waals surface area (Å²) in [4.78, 5) is 13.2. The molecule has 0 bridgehead atoms. The Bertz CT molecular complexity index is 1170. The fraction of sp³-hybridized carbons (Fsp3) is 0.269. The Hall–Kier alpha value is -3.12. The summed E-state index contributed by atoms with van der Waals surface area (Å²) in [6.45, 7) is 7.51. The lowest BCUT2D eigenvalue weighted by Crippen LogP contribution is -2.42. The second-order valence-corrected chi connectivity index (χ2v) is 9.85. The molecule has 0 saturated carbocycles. The van der Waals surface area contributed by atoms with Crippen molar-refractivity contribution in [2.75, 3.05) is 10.8 Å². The van der Waals surface area contributed by atoms with Crippen LogP contribution in [-0.4, -0.2) is 20.9 Å². The van der Waals surface area contributed by atoms with Crippen LogP contribution >= 0.6 is 0 Å². The van der Waals surface area contributed by atoms with Crippen LogP contribution in [0.4, 0.5) is 5.69 Å². The zero-order valence-corrected chi connectivity index (χ0v) is 19.8. The Morgan fingerprint density at radius 3 is 2.19 bits per heavy atom. The molecule has 3 rings (SSSR count). The van der Waals surface area contributed by atoms with E-state index in [0.717, 1.165) is 22.3 Å². The van der Waals surface area contributed by atoms with Gasteiger partial charge in [-0.15, -0.1) is 0 Å². The number of benzene rings is 3. The van der Waals surface area contributed by atoms with E-state index in [1.807, 2.05) is 64.1 Å². The maximum absolute atomic E-state index is 13.5. The van der Waals surface area contributed by atoms with Gasteiger partial charge in [-0.3, -0.25) is 9.10 Å². The van der Waals surface area contributed by atoms with E-state index in [0.29, 0.717) is 12.1 Å². The van der Waals surface area contributed by atoms with Crippen LogP contribution in [-0.2, 0) is 14.8 Å². The van der Waals surface area contributed by atoms with E-state index in [4.69, 9.17) is 0 Å². The number of aryl methyl sites for hydroxylation is 2. The predicted octanol–water partition coefficient (Wildman–Crippen LogP) is 5.07. The Balaban J connectivity index is 1.94. The number of carbonyl (C=O) groups excluding carboxylic acids is 1. The number of hydrogen-bond acceptors (Lipinski definition) is 3. The van der Waals surface area contributed by atoms with Crippen LogP contribution in [0.1, 0.15) is 41.6 Å². The van der Waals surface area contributed by atoms with E-state index in [9.17, 15) is 13.2 Å². The van der Waals surface area contributed by atoms with E-state index in [2.05, 4.69) is 5.32 Å². The van der Waals surface area contributed by atoms with Gasteiger partial charge in [0, 0.05) is 0 Å². The number of anilines is 1. The van der Waals surface area contributed by atoms with Gasteiger partial charge in [0.05, 0.1) is 16.6 Å². The van der Waals surface area contributed by atoms with Gasteiger partial charge in [-0.2, -0.15) is 0 Å². The van der Waals surface area contributed by atoms with Crippen molar-refractivity contribution in [3.63, 3.8) is 0 Å². The topological polar surface area (TPSA) is 66.5 Å². The molecule has 32 heavy (non-hydrogen) atoms. The molecule has 0 saturated heterocycles. The van der Waals surface area contributed by atoms with Crippen molar-refractivity contribution in [1.29, 1.82) is 0 Å². The summed E-state index contributed by atoms with van der Waals surface area (Å²) in [7, 11) is -3.93. The third-order valence-corrected chi connectivity index (χ3v) is 7.46. The van der Waals surface area contributed by atoms with Crippen molar-refractivity contribution >= 4 is 21.6 Å². The summed E-state index contributed by atoms with van der Waals surface area (Å²) in [5, 5.41) is 3.02. The monoisotopic (exact) mass is 450 g/mol. The minimum atomic E-state index is -3.93. The van der Waals surface area contributed by atoms with Crippen LogP contribution in [0.3, 0.4) is 0 Å². The zero-order chi connectivity index (χ0) is 23.3. The van der Waals surface area contributed by atoms with Crippen LogP contribution < -0.4 is 9.62 Å². The van der Waals surface area contributed by atoms with Crippen molar-refractivity contribution in [3.8, 4) is 0 Å². The maximum Gasteiger partial charge on any atom is 0.264 e. The highest BCUT2D eigenvalue weighted by atomic mass is 32.2. The Morgan fingerprint density at radius 2 is 1.56 bits per heavy atom. The van der Waals surface area contributed by atoms with Crippen LogP contribution in [0.5, 0.6) is 0 Å². The molecular formula is C26H30N2O3S. The average molecular weight is 451 g/mol. The molecule has 5 nitrogen and oxygen atoms in total. The predicted molar refractivity (Wildman–Crippen MR) is 129 cm³/mol. The van der Waals surface area contributed by atoms with Gasteiger partial charge in [0.1, 0.15) is 6.54 Å². The normalized spacial score (nSPS) is 12.2. The van der Waals surface area contributed by atoms with Gasteiger partial charge in [0.2, 0.25) is 5.91 Å². The Morgan fingerprint density at radius 1 is 0.906 bits per heavy atom. The fourth-order valence-corrected chi connectivity index (χ4v) is 5.11. The first kappa shape index (κ1) is 23.5. The van der Waals surface area contributed by atoms with E-state index in [-0.39, 0.29) is 23.4 Å². The summed E-state index contributed by atoms with van der Waals surface area (Å²) in [5.74, 6) is -0.349. The van der Waals surface area contributed by atoms with Gasteiger partial charge in [0.25, 0.3) is 10.0 Å². The summed E-state index contributed by atoms with van der Waals surface area (Å²) in [6.07, 6.45) is 0.698. The number of rotatable bonds is 8. The molecule has 1 amide bonds. The van der Waals surface area contributed by atoms with E-state index >= 15 is 0 Å². The summed E-state index contributed by atoms with van der Waals surface area (Å²) >= 11 is 0. The van der Waals surface area contributed by atoms with Crippen molar-refractivity contribution < 1.29 is 13.2 Å². The molecule has 0 radical (unpaired) electrons. The van der Waals surface area contributed by atoms with Crippen LogP contribution in [0.2, 0.25) is 0 Å². The lowest BCUT2D eigenvalue weighted by Gasteiger charge is -2.27. The van der Waals surface area contributed by atoms with Crippen molar-refractivity contribution in [2.45, 2.75) is 45.1 Å². The summed E-state index contributed by atoms with van der Waals surface area (Å²) in [6, 6.07) is 21.5. The largest absolute Gasteiger partial charge is 0.348 e. The number of hydrogen-bond donors (Lipinski definition) is 1. The molecule has 1 atom stereocenters. The Labute approximate surface area is 191 Å². The Kier molecular flexibility index (Phi) is 7.36. The molecule has 0 unspecified atom stereocenters. The number of nitrogens with one attached hydrogen (secondary N) is 1. The lowest BCUT2D eigenvalue weighted by molar-refractivity contribution is -0.120. The van der Waals surface area contributed by atoms with Crippen LogP contribution in [0.15, 0.2) is 77.7 Å². The third-order valence-electron chi connectivity index (χ3n) is 5.69. The number of carbonyl (C=O) groups is 1. The zero-order valence-electron chi connectivity index (χ0n) is 19.0. The van der Waals surface area contributed by atoms with Gasteiger partial charge < -0.3 is 5.32 Å². The molecule has 0 heterocycles. The smallest absolute Gasteiger partial charge is 0.264 e. The first-order chi connectivity index (χ1) is 15.2. The molecule has 3 aromatic carbocycles. The summed E-state index contributed by atoms with van der Waals surface area (Å²) < 4.78 is 28.3. The van der Waals surface area contributed by atoms with Gasteiger partial charge in [-0.1, -0.05) is 67.1 Å². The maximum atomic E-state index is 13.5. The number of amides is 1. The second kappa shape index (κ2) is 10.0. The van der Waals surface area contributed by atoms with Gasteiger partial charge in [-0.05, 0) is 62.1 Å². The molecule has 6 heteroatoms. The molecule has 3 aromatic rings. The quantitative estimate of drug-likeness (QED) is 0.521. The molecule has 0 spiro atoms. The second-order valence-electron chi connectivity index (χ2n) is 7.98. The minimum Gasteiger partial charge on any atom is -0.348 e. The van der Waals surface area contributed by atoms with Crippen molar-refractivity contribution in [2.24, 2.45) is 0 Å². The summed E-state index contributed by atoms with van der Waals surface area (Å²) in [5.41, 5.74) is 4.43. The van der Waals surface area contributed by atoms with Crippen LogP contribution in [0, 0.1) is 20.8 Å². The highest BCUT2D eigenvalue weighted by molar-refractivity contribution is 7.92. The molecule has 0 fully saturated rings. The SMILES string of the molecule is CC[C@@H](NC(=O)CN(c1cccc(C)c1C)S(=O)(=O)c1ccccc1)c1ccc(C)cc1. The van der Waals surface area contributed by atoms with Gasteiger partial charge in [0.15, 0.2) is 0 Å². The first-order valence-electron chi connectivity index (χ1n) is 10.7. The van der Waals surface area contributed by atoms with Crippen LogP contribution in [0.25, 0.3) is 0 Å². The molecule has 0 aromatic heterocycles. The van der Waals surface area contributed by atoms with Gasteiger partial charge in [-0.25, -0.2) is 8.42 Å². The number of sulfonamides is 1. The standard InChI is InChI=1S/C26H30N2O3S/c1-5-24(22-16-14-19(2)15-17-22)27-26(29)18-28(25-13-9-10-20(3)21(25)4)32(30,31)23-11-7-6-8-12-23/h6-17,24H,5,18H2,1-4H3,(H,27,29)/t24-/m1/s1. The molecule has 0 aliphatic carbocycles. The average Bonchev–Trinajstić information content (AvgIpc) is 2.79. The molecular weight excluding hydrogens is 420 g/mol. The number of nitrogens with zero attached hydrogens (tertiary/aromatic N) is 1. The van der Waals surface area contributed by atoms with E-state index < -0.39 is 10.0 Å². The van der Waals surface area contributed by atoms with Crippen molar-refractivity contribution in [3.05, 3.63) is 95.1 Å². The highest BCUT2D eigenvalue weighted by Crippen LogP contribution is 2.28. The first-order valence-corrected chi connectivity index (χ1v) is 12.2.